The van der Waals surface area contributed by atoms with Gasteiger partial charge in [-0.3, -0.25) is 0 Å². The minimum absolute atomic E-state index is 0.296. The highest BCUT2D eigenvalue weighted by atomic mass is 32.1. The lowest BCUT2D eigenvalue weighted by Crippen LogP contribution is -2.45. The van der Waals surface area contributed by atoms with E-state index < -0.39 is 0 Å². The van der Waals surface area contributed by atoms with Crippen LogP contribution in [0, 0.1) is 0 Å². The number of hydrogen-bond donors (Lipinski definition) is 1. The van der Waals surface area contributed by atoms with E-state index in [0.717, 1.165) is 19.3 Å². The van der Waals surface area contributed by atoms with Crippen LogP contribution in [0.4, 0.5) is 0 Å². The SMILES string of the molecule is CCOC1(C(O)Cc2cccs2)CCCCCC1. The summed E-state index contributed by atoms with van der Waals surface area (Å²) in [4.78, 5) is 1.26. The summed E-state index contributed by atoms with van der Waals surface area (Å²) in [5, 5.41) is 12.7. The van der Waals surface area contributed by atoms with Crippen LogP contribution in [0.3, 0.4) is 0 Å². The van der Waals surface area contributed by atoms with Crippen LogP contribution in [0.15, 0.2) is 17.5 Å². The zero-order chi connectivity index (χ0) is 12.8. The molecule has 1 N–H and O–H groups in total. The summed E-state index contributed by atoms with van der Waals surface area (Å²) >= 11 is 1.72. The molecule has 1 atom stereocenters. The zero-order valence-electron chi connectivity index (χ0n) is 11.2. The van der Waals surface area contributed by atoms with Gasteiger partial charge in [0.25, 0.3) is 0 Å². The van der Waals surface area contributed by atoms with Crippen LogP contribution >= 0.6 is 11.3 Å². The van der Waals surface area contributed by atoms with Gasteiger partial charge in [0, 0.05) is 17.9 Å². The molecule has 0 aromatic carbocycles. The van der Waals surface area contributed by atoms with Gasteiger partial charge in [0.2, 0.25) is 0 Å². The van der Waals surface area contributed by atoms with E-state index in [1.54, 1.807) is 11.3 Å². The predicted molar refractivity (Wildman–Crippen MR) is 76.1 cm³/mol. The maximum Gasteiger partial charge on any atom is 0.0943 e. The van der Waals surface area contributed by atoms with Gasteiger partial charge in [-0.25, -0.2) is 0 Å². The Morgan fingerprint density at radius 3 is 2.61 bits per heavy atom. The fourth-order valence-corrected chi connectivity index (χ4v) is 3.74. The zero-order valence-corrected chi connectivity index (χ0v) is 12.0. The van der Waals surface area contributed by atoms with Crippen molar-refractivity contribution in [1.82, 2.24) is 0 Å². The van der Waals surface area contributed by atoms with Crippen molar-refractivity contribution in [2.75, 3.05) is 6.61 Å². The first-order chi connectivity index (χ1) is 8.77. The molecule has 18 heavy (non-hydrogen) atoms. The Morgan fingerprint density at radius 2 is 2.06 bits per heavy atom. The molecule has 102 valence electrons. The first-order valence-electron chi connectivity index (χ1n) is 7.11. The number of hydrogen-bond acceptors (Lipinski definition) is 3. The molecule has 1 heterocycles. The summed E-state index contributed by atoms with van der Waals surface area (Å²) < 4.78 is 6.02. The molecule has 0 bridgehead atoms. The minimum Gasteiger partial charge on any atom is -0.390 e. The van der Waals surface area contributed by atoms with Crippen LogP contribution < -0.4 is 0 Å². The van der Waals surface area contributed by atoms with Gasteiger partial charge < -0.3 is 9.84 Å². The topological polar surface area (TPSA) is 29.5 Å². The average molecular weight is 268 g/mol. The van der Waals surface area contributed by atoms with Gasteiger partial charge >= 0.3 is 0 Å². The third kappa shape index (κ3) is 3.34. The van der Waals surface area contributed by atoms with Crippen molar-refractivity contribution in [3.05, 3.63) is 22.4 Å². The average Bonchev–Trinajstić information content (AvgIpc) is 2.74. The molecule has 0 aliphatic heterocycles. The maximum absolute atomic E-state index is 10.6. The molecule has 1 aliphatic rings. The van der Waals surface area contributed by atoms with Crippen LogP contribution in [0.25, 0.3) is 0 Å². The van der Waals surface area contributed by atoms with Crippen LogP contribution in [0.2, 0.25) is 0 Å². The fourth-order valence-electron chi connectivity index (χ4n) is 2.99. The fraction of sp³-hybridized carbons (Fsp3) is 0.733. The van der Waals surface area contributed by atoms with Crippen molar-refractivity contribution in [1.29, 1.82) is 0 Å². The highest BCUT2D eigenvalue weighted by Crippen LogP contribution is 2.35. The van der Waals surface area contributed by atoms with Crippen LogP contribution in [0.5, 0.6) is 0 Å². The first kappa shape index (κ1) is 14.0. The summed E-state index contributed by atoms with van der Waals surface area (Å²) in [6, 6.07) is 4.15. The number of aliphatic hydroxyl groups excluding tert-OH is 1. The summed E-state index contributed by atoms with van der Waals surface area (Å²) in [6.45, 7) is 2.73. The molecule has 1 fully saturated rings. The Labute approximate surface area is 114 Å². The van der Waals surface area contributed by atoms with Crippen molar-refractivity contribution in [2.24, 2.45) is 0 Å². The maximum atomic E-state index is 10.6. The summed E-state index contributed by atoms with van der Waals surface area (Å²) in [5.74, 6) is 0. The van der Waals surface area contributed by atoms with Crippen LogP contribution in [0.1, 0.15) is 50.3 Å². The Kier molecular flexibility index (Phi) is 5.22. The first-order valence-corrected chi connectivity index (χ1v) is 7.99. The van der Waals surface area contributed by atoms with Crippen molar-refractivity contribution >= 4 is 11.3 Å². The molecule has 1 saturated carbocycles. The second-order valence-corrected chi connectivity index (χ2v) is 6.24. The second kappa shape index (κ2) is 6.69. The molecule has 0 amide bonds. The van der Waals surface area contributed by atoms with Gasteiger partial charge in [-0.1, -0.05) is 31.7 Å². The standard InChI is InChI=1S/C15H24O2S/c1-2-17-15(9-5-3-4-6-10-15)14(16)12-13-8-7-11-18-13/h7-8,11,14,16H,2-6,9-10,12H2,1H3. The largest absolute Gasteiger partial charge is 0.390 e. The molecule has 0 saturated heterocycles. The molecular formula is C15H24O2S. The van der Waals surface area contributed by atoms with Crippen LogP contribution in [-0.2, 0) is 11.2 Å². The summed E-state index contributed by atoms with van der Waals surface area (Å²) in [7, 11) is 0. The molecule has 0 spiro atoms. The molecule has 3 heteroatoms. The van der Waals surface area contributed by atoms with Crippen molar-refractivity contribution in [3.63, 3.8) is 0 Å². The third-order valence-electron chi connectivity index (χ3n) is 3.96. The Balaban J connectivity index is 2.06. The number of rotatable bonds is 5. The van der Waals surface area contributed by atoms with E-state index in [1.165, 1.54) is 30.6 Å². The summed E-state index contributed by atoms with van der Waals surface area (Å²) in [5.41, 5.74) is -0.296. The Bertz CT molecular complexity index is 326. The van der Waals surface area contributed by atoms with Gasteiger partial charge in [0.15, 0.2) is 0 Å². The van der Waals surface area contributed by atoms with Gasteiger partial charge in [-0.05, 0) is 31.2 Å². The molecule has 2 rings (SSSR count). The van der Waals surface area contributed by atoms with E-state index in [4.69, 9.17) is 4.74 Å². The highest BCUT2D eigenvalue weighted by Gasteiger charge is 2.38. The lowest BCUT2D eigenvalue weighted by atomic mass is 9.86. The molecule has 1 unspecified atom stereocenters. The van der Waals surface area contributed by atoms with E-state index in [0.29, 0.717) is 6.61 Å². The molecule has 1 aliphatic carbocycles. The highest BCUT2D eigenvalue weighted by molar-refractivity contribution is 7.09. The van der Waals surface area contributed by atoms with E-state index in [1.807, 2.05) is 13.0 Å². The Hall–Kier alpha value is -0.380. The smallest absolute Gasteiger partial charge is 0.0943 e. The molecule has 0 radical (unpaired) electrons. The van der Waals surface area contributed by atoms with Crippen molar-refractivity contribution in [2.45, 2.75) is 63.6 Å². The monoisotopic (exact) mass is 268 g/mol. The number of thiophene rings is 1. The molecule has 1 aromatic rings. The lowest BCUT2D eigenvalue weighted by Gasteiger charge is -2.37. The van der Waals surface area contributed by atoms with Crippen molar-refractivity contribution in [3.8, 4) is 0 Å². The normalized spacial score (nSPS) is 21.4. The van der Waals surface area contributed by atoms with E-state index in [2.05, 4.69) is 11.4 Å². The van der Waals surface area contributed by atoms with Crippen LogP contribution in [-0.4, -0.2) is 23.4 Å². The van der Waals surface area contributed by atoms with E-state index in [-0.39, 0.29) is 11.7 Å². The third-order valence-corrected chi connectivity index (χ3v) is 4.86. The lowest BCUT2D eigenvalue weighted by molar-refractivity contribution is -0.128. The van der Waals surface area contributed by atoms with Gasteiger partial charge in [-0.2, -0.15) is 0 Å². The molecule has 2 nitrogen and oxygen atoms in total. The number of ether oxygens (including phenoxy) is 1. The van der Waals surface area contributed by atoms with Crippen molar-refractivity contribution < 1.29 is 9.84 Å². The quantitative estimate of drug-likeness (QED) is 0.823. The summed E-state index contributed by atoms with van der Waals surface area (Å²) in [6.07, 6.45) is 7.30. The van der Waals surface area contributed by atoms with E-state index >= 15 is 0 Å². The van der Waals surface area contributed by atoms with Gasteiger partial charge in [-0.15, -0.1) is 11.3 Å². The number of aliphatic hydroxyl groups is 1. The molecular weight excluding hydrogens is 244 g/mol. The second-order valence-electron chi connectivity index (χ2n) is 5.21. The Morgan fingerprint density at radius 1 is 1.33 bits per heavy atom. The minimum atomic E-state index is -0.366. The van der Waals surface area contributed by atoms with Gasteiger partial charge in [0.1, 0.15) is 0 Å². The molecule has 1 aromatic heterocycles. The van der Waals surface area contributed by atoms with Gasteiger partial charge in [0.05, 0.1) is 11.7 Å². The predicted octanol–water partition coefficient (Wildman–Crippen LogP) is 3.78. The van der Waals surface area contributed by atoms with E-state index in [9.17, 15) is 5.11 Å².